The third-order valence-corrected chi connectivity index (χ3v) is 2.59. The highest BCUT2D eigenvalue weighted by molar-refractivity contribution is 6.27. The summed E-state index contributed by atoms with van der Waals surface area (Å²) in [5.41, 5.74) is 1.41. The number of oxazole rings is 1. The molecule has 0 bridgehead atoms. The molecule has 0 unspecified atom stereocenters. The van der Waals surface area contributed by atoms with Crippen LogP contribution in [0.25, 0.3) is 11.3 Å². The van der Waals surface area contributed by atoms with E-state index in [1.54, 1.807) is 12.1 Å². The van der Waals surface area contributed by atoms with E-state index in [0.29, 0.717) is 17.7 Å². The van der Waals surface area contributed by atoms with Crippen molar-refractivity contribution < 1.29 is 13.2 Å². The number of nitrogens with zero attached hydrogens (tertiary/aromatic N) is 1. The molecule has 0 saturated carbocycles. The van der Waals surface area contributed by atoms with Gasteiger partial charge in [-0.2, -0.15) is 0 Å². The summed E-state index contributed by atoms with van der Waals surface area (Å²) < 4.78 is 30.0. The number of hydrogen-bond acceptors (Lipinski definition) is 2. The van der Waals surface area contributed by atoms with Crippen molar-refractivity contribution in [3.63, 3.8) is 0 Å². The highest BCUT2D eigenvalue weighted by Gasteiger charge is 2.13. The maximum atomic E-state index is 12.4. The SMILES string of the molecule is CCc1nc(Cl)oc1-c1ccc(C(F)F)cc1. The van der Waals surface area contributed by atoms with Gasteiger partial charge in [0.1, 0.15) is 0 Å². The van der Waals surface area contributed by atoms with E-state index in [1.807, 2.05) is 6.92 Å². The van der Waals surface area contributed by atoms with Crippen LogP contribution in [0.5, 0.6) is 0 Å². The van der Waals surface area contributed by atoms with Crippen LogP contribution in [0.4, 0.5) is 8.78 Å². The predicted octanol–water partition coefficient (Wildman–Crippen LogP) is 4.50. The molecule has 2 rings (SSSR count). The largest absolute Gasteiger partial charge is 0.427 e. The number of hydrogen-bond donors (Lipinski definition) is 0. The van der Waals surface area contributed by atoms with Gasteiger partial charge in [-0.3, -0.25) is 0 Å². The van der Waals surface area contributed by atoms with Crippen molar-refractivity contribution in [2.45, 2.75) is 19.8 Å². The second-order valence-corrected chi connectivity index (χ2v) is 3.84. The summed E-state index contributed by atoms with van der Waals surface area (Å²) >= 11 is 5.68. The average molecular weight is 258 g/mol. The highest BCUT2D eigenvalue weighted by Crippen LogP contribution is 2.29. The lowest BCUT2D eigenvalue weighted by atomic mass is 10.1. The van der Waals surface area contributed by atoms with Gasteiger partial charge in [0.15, 0.2) is 5.76 Å². The summed E-state index contributed by atoms with van der Waals surface area (Å²) in [7, 11) is 0. The van der Waals surface area contributed by atoms with Gasteiger partial charge in [-0.25, -0.2) is 13.8 Å². The summed E-state index contributed by atoms with van der Waals surface area (Å²) in [6.45, 7) is 1.92. The second-order valence-electron chi connectivity index (χ2n) is 3.52. The van der Waals surface area contributed by atoms with Crippen LogP contribution in [-0.4, -0.2) is 4.98 Å². The van der Waals surface area contributed by atoms with Gasteiger partial charge in [0, 0.05) is 11.1 Å². The minimum Gasteiger partial charge on any atom is -0.427 e. The minimum absolute atomic E-state index is 0.0163. The van der Waals surface area contributed by atoms with Crippen LogP contribution in [0.2, 0.25) is 5.35 Å². The number of benzene rings is 1. The van der Waals surface area contributed by atoms with E-state index in [9.17, 15) is 8.78 Å². The van der Waals surface area contributed by atoms with Crippen molar-refractivity contribution in [3.05, 3.63) is 40.9 Å². The van der Waals surface area contributed by atoms with Crippen LogP contribution < -0.4 is 0 Å². The lowest BCUT2D eigenvalue weighted by molar-refractivity contribution is 0.151. The Morgan fingerprint density at radius 1 is 1.29 bits per heavy atom. The Kier molecular flexibility index (Phi) is 3.43. The predicted molar refractivity (Wildman–Crippen MR) is 61.3 cm³/mol. The van der Waals surface area contributed by atoms with Gasteiger partial charge >= 0.3 is 0 Å². The zero-order valence-electron chi connectivity index (χ0n) is 9.08. The molecule has 0 spiro atoms. The van der Waals surface area contributed by atoms with Crippen molar-refractivity contribution in [1.29, 1.82) is 0 Å². The molecule has 0 aliphatic rings. The van der Waals surface area contributed by atoms with Crippen molar-refractivity contribution in [2.75, 3.05) is 0 Å². The third kappa shape index (κ3) is 2.47. The molecule has 90 valence electrons. The summed E-state index contributed by atoms with van der Waals surface area (Å²) in [4.78, 5) is 4.01. The van der Waals surface area contributed by atoms with Crippen molar-refractivity contribution >= 4 is 11.6 Å². The van der Waals surface area contributed by atoms with Gasteiger partial charge in [0.05, 0.1) is 5.69 Å². The Hall–Kier alpha value is -1.42. The molecule has 1 aromatic carbocycles. The van der Waals surface area contributed by atoms with Gasteiger partial charge in [-0.1, -0.05) is 31.2 Å². The lowest BCUT2D eigenvalue weighted by Crippen LogP contribution is -1.86. The van der Waals surface area contributed by atoms with Gasteiger partial charge in [-0.15, -0.1) is 0 Å². The zero-order valence-corrected chi connectivity index (χ0v) is 9.84. The quantitative estimate of drug-likeness (QED) is 0.809. The molecule has 1 heterocycles. The third-order valence-electron chi connectivity index (χ3n) is 2.43. The number of aryl methyl sites for hydroxylation is 1. The Labute approximate surface area is 102 Å². The molecule has 1 aromatic heterocycles. The van der Waals surface area contributed by atoms with Crippen LogP contribution >= 0.6 is 11.6 Å². The molecule has 0 aliphatic carbocycles. The molecular weight excluding hydrogens is 248 g/mol. The number of alkyl halides is 2. The minimum atomic E-state index is -2.46. The normalized spacial score (nSPS) is 11.1. The molecule has 0 saturated heterocycles. The van der Waals surface area contributed by atoms with Gasteiger partial charge in [0.25, 0.3) is 11.8 Å². The molecule has 2 aromatic rings. The first-order valence-electron chi connectivity index (χ1n) is 5.15. The first kappa shape index (κ1) is 12.0. The molecule has 0 aliphatic heterocycles. The van der Waals surface area contributed by atoms with E-state index in [1.165, 1.54) is 12.1 Å². The van der Waals surface area contributed by atoms with Crippen LogP contribution in [-0.2, 0) is 6.42 Å². The Morgan fingerprint density at radius 3 is 2.47 bits per heavy atom. The molecule has 0 fully saturated rings. The summed E-state index contributed by atoms with van der Waals surface area (Å²) in [6.07, 6.45) is -1.80. The molecule has 0 amide bonds. The molecule has 0 radical (unpaired) electrons. The fourth-order valence-corrected chi connectivity index (χ4v) is 1.75. The smallest absolute Gasteiger partial charge is 0.292 e. The van der Waals surface area contributed by atoms with E-state index in [4.69, 9.17) is 16.0 Å². The number of aromatic nitrogens is 1. The molecule has 0 atom stereocenters. The van der Waals surface area contributed by atoms with Crippen LogP contribution in [0.1, 0.15) is 24.6 Å². The molecule has 5 heteroatoms. The Morgan fingerprint density at radius 2 is 1.94 bits per heavy atom. The van der Waals surface area contributed by atoms with Crippen LogP contribution in [0.3, 0.4) is 0 Å². The average Bonchev–Trinajstić information content (AvgIpc) is 2.70. The Balaban J connectivity index is 2.39. The van der Waals surface area contributed by atoms with Gasteiger partial charge in [0.2, 0.25) is 0 Å². The first-order valence-corrected chi connectivity index (χ1v) is 5.53. The number of halogens is 3. The van der Waals surface area contributed by atoms with Gasteiger partial charge < -0.3 is 4.42 Å². The topological polar surface area (TPSA) is 26.0 Å². The Bertz CT molecular complexity index is 508. The lowest BCUT2D eigenvalue weighted by Gasteiger charge is -2.02. The highest BCUT2D eigenvalue weighted by atomic mass is 35.5. The second kappa shape index (κ2) is 4.84. The van der Waals surface area contributed by atoms with Crippen molar-refractivity contribution in [1.82, 2.24) is 4.98 Å². The molecular formula is C12H10ClF2NO. The number of rotatable bonds is 3. The summed E-state index contributed by atoms with van der Waals surface area (Å²) in [6, 6.07) is 5.90. The van der Waals surface area contributed by atoms with E-state index >= 15 is 0 Å². The van der Waals surface area contributed by atoms with Crippen LogP contribution in [0.15, 0.2) is 28.7 Å². The first-order chi connectivity index (χ1) is 8.11. The van der Waals surface area contributed by atoms with E-state index in [0.717, 1.165) is 5.69 Å². The van der Waals surface area contributed by atoms with Crippen molar-refractivity contribution in [3.8, 4) is 11.3 Å². The monoisotopic (exact) mass is 257 g/mol. The summed E-state index contributed by atoms with van der Waals surface area (Å²) in [5.74, 6) is 0.540. The summed E-state index contributed by atoms with van der Waals surface area (Å²) in [5, 5.41) is 0.0646. The van der Waals surface area contributed by atoms with Crippen molar-refractivity contribution in [2.24, 2.45) is 0 Å². The maximum absolute atomic E-state index is 12.4. The molecule has 17 heavy (non-hydrogen) atoms. The van der Waals surface area contributed by atoms with E-state index in [2.05, 4.69) is 4.98 Å². The van der Waals surface area contributed by atoms with Crippen LogP contribution in [0, 0.1) is 0 Å². The maximum Gasteiger partial charge on any atom is 0.292 e. The van der Waals surface area contributed by atoms with E-state index in [-0.39, 0.29) is 10.9 Å². The molecule has 0 N–H and O–H groups in total. The van der Waals surface area contributed by atoms with Gasteiger partial charge in [-0.05, 0) is 18.0 Å². The molecule has 2 nitrogen and oxygen atoms in total. The van der Waals surface area contributed by atoms with E-state index < -0.39 is 6.43 Å². The zero-order chi connectivity index (χ0) is 12.4. The fraction of sp³-hybridized carbons (Fsp3) is 0.250. The standard InChI is InChI=1S/C12H10ClF2NO/c1-2-9-10(17-12(13)16-9)7-3-5-8(6-4-7)11(14)15/h3-6,11H,2H2,1H3. The fourth-order valence-electron chi connectivity index (χ4n) is 1.57.